The Hall–Kier alpha value is -4.68. The van der Waals surface area contributed by atoms with E-state index in [1.54, 1.807) is 6.21 Å². The van der Waals surface area contributed by atoms with Crippen molar-refractivity contribution in [1.82, 2.24) is 15.2 Å². The Bertz CT molecular complexity index is 1670. The van der Waals surface area contributed by atoms with Gasteiger partial charge in [0.1, 0.15) is 15.4 Å². The van der Waals surface area contributed by atoms with Gasteiger partial charge in [0.2, 0.25) is 5.78 Å². The molecule has 0 amide bonds. The fourth-order valence-electron chi connectivity index (χ4n) is 4.21. The summed E-state index contributed by atoms with van der Waals surface area (Å²) < 4.78 is 0. The van der Waals surface area contributed by atoms with E-state index in [0.717, 1.165) is 33.5 Å². The first-order valence-electron chi connectivity index (χ1n) is 11.5. The van der Waals surface area contributed by atoms with E-state index in [9.17, 15) is 4.79 Å². The summed E-state index contributed by atoms with van der Waals surface area (Å²) in [7, 11) is 0. The van der Waals surface area contributed by atoms with Crippen LogP contribution in [0, 0.1) is 0 Å². The van der Waals surface area contributed by atoms with E-state index in [1.807, 2.05) is 97.2 Å². The molecular formula is C30H20N4OS. The predicted octanol–water partition coefficient (Wildman–Crippen LogP) is 7.34. The molecule has 1 N–H and O–H groups in total. The van der Waals surface area contributed by atoms with Gasteiger partial charge < -0.3 is 4.98 Å². The maximum atomic E-state index is 13.7. The molecule has 3 aromatic heterocycles. The number of benzene rings is 3. The summed E-state index contributed by atoms with van der Waals surface area (Å²) >= 11 is 1.33. The van der Waals surface area contributed by atoms with Crippen molar-refractivity contribution in [3.05, 3.63) is 125 Å². The summed E-state index contributed by atoms with van der Waals surface area (Å²) in [6, 6.07) is 33.2. The smallest absolute Gasteiger partial charge is 0.205 e. The normalized spacial score (nSPS) is 11.3. The molecule has 0 fully saturated rings. The monoisotopic (exact) mass is 484 g/mol. The number of hydrogen-bond donors (Lipinski definition) is 1. The molecule has 5 nitrogen and oxygen atoms in total. The van der Waals surface area contributed by atoms with Gasteiger partial charge in [-0.1, -0.05) is 91.0 Å². The van der Waals surface area contributed by atoms with Gasteiger partial charge in [-0.15, -0.1) is 21.5 Å². The highest BCUT2D eigenvalue weighted by molar-refractivity contribution is 7.21. The van der Waals surface area contributed by atoms with Crippen molar-refractivity contribution in [1.29, 1.82) is 0 Å². The quantitative estimate of drug-likeness (QED) is 0.199. The number of carbonyl (C=O) groups excluding carboxylic acids is 1. The second kappa shape index (κ2) is 9.52. The number of rotatable bonds is 6. The first-order valence-corrected chi connectivity index (χ1v) is 12.3. The van der Waals surface area contributed by atoms with Gasteiger partial charge in [-0.25, -0.2) is 0 Å². The Labute approximate surface area is 211 Å². The molecule has 3 heterocycles. The zero-order chi connectivity index (χ0) is 24.3. The zero-order valence-electron chi connectivity index (χ0n) is 19.1. The average Bonchev–Trinajstić information content (AvgIpc) is 3.60. The molecule has 0 aliphatic heterocycles. The molecule has 3 aromatic carbocycles. The highest BCUT2D eigenvalue weighted by atomic mass is 32.1. The topological polar surface area (TPSA) is 71.0 Å². The van der Waals surface area contributed by atoms with Gasteiger partial charge in [0.05, 0.1) is 17.6 Å². The Morgan fingerprint density at radius 2 is 1.44 bits per heavy atom. The van der Waals surface area contributed by atoms with Crippen LogP contribution in [0.15, 0.2) is 114 Å². The van der Waals surface area contributed by atoms with E-state index in [0.29, 0.717) is 21.0 Å². The summed E-state index contributed by atoms with van der Waals surface area (Å²) in [5, 5.41) is 10.0. The number of hydrogen-bond acceptors (Lipinski definition) is 5. The van der Waals surface area contributed by atoms with E-state index < -0.39 is 0 Å². The number of ketones is 1. The minimum atomic E-state index is -0.0856. The van der Waals surface area contributed by atoms with Gasteiger partial charge in [0.15, 0.2) is 0 Å². The van der Waals surface area contributed by atoms with Crippen LogP contribution in [0.4, 0.5) is 5.69 Å². The Balaban J connectivity index is 1.68. The number of nitrogens with zero attached hydrogens (tertiary/aromatic N) is 3. The standard InChI is InChI=1S/C30H20N4OS/c35-28(22-15-8-3-9-16-22)29-27(32-19-23-17-10-18-31-23)25-24(20-11-4-1-5-12-20)26(33-34-30(25)36-29)21-13-6-2-7-14-21/h1-19,31H. The van der Waals surface area contributed by atoms with E-state index in [4.69, 9.17) is 4.99 Å². The van der Waals surface area contributed by atoms with Crippen LogP contribution in [0.1, 0.15) is 20.9 Å². The molecule has 6 rings (SSSR count). The van der Waals surface area contributed by atoms with E-state index in [-0.39, 0.29) is 5.78 Å². The van der Waals surface area contributed by atoms with Crippen LogP contribution in [0.25, 0.3) is 32.6 Å². The van der Waals surface area contributed by atoms with Gasteiger partial charge in [-0.2, -0.15) is 0 Å². The van der Waals surface area contributed by atoms with Crippen molar-refractivity contribution in [2.75, 3.05) is 0 Å². The van der Waals surface area contributed by atoms with Crippen LogP contribution in [-0.4, -0.2) is 27.2 Å². The lowest BCUT2D eigenvalue weighted by Crippen LogP contribution is -1.98. The number of fused-ring (bicyclic) bond motifs is 1. The van der Waals surface area contributed by atoms with Gasteiger partial charge in [-0.3, -0.25) is 9.79 Å². The second-order valence-corrected chi connectivity index (χ2v) is 9.19. The van der Waals surface area contributed by atoms with Crippen molar-refractivity contribution in [3.8, 4) is 22.4 Å². The molecule has 0 aliphatic rings. The van der Waals surface area contributed by atoms with E-state index in [2.05, 4.69) is 27.3 Å². The fraction of sp³-hybridized carbons (Fsp3) is 0. The van der Waals surface area contributed by atoms with Crippen LogP contribution < -0.4 is 0 Å². The number of carbonyl (C=O) groups is 1. The van der Waals surface area contributed by atoms with Gasteiger partial charge >= 0.3 is 0 Å². The molecule has 6 aromatic rings. The van der Waals surface area contributed by atoms with Crippen molar-refractivity contribution in [2.24, 2.45) is 4.99 Å². The molecule has 0 bridgehead atoms. The Morgan fingerprint density at radius 3 is 2.11 bits per heavy atom. The maximum Gasteiger partial charge on any atom is 0.205 e. The Kier molecular flexibility index (Phi) is 5.77. The van der Waals surface area contributed by atoms with E-state index >= 15 is 0 Å². The third kappa shape index (κ3) is 4.04. The van der Waals surface area contributed by atoms with Crippen molar-refractivity contribution in [3.63, 3.8) is 0 Å². The number of aliphatic imine (C=N–C) groups is 1. The number of aromatic nitrogens is 3. The van der Waals surface area contributed by atoms with Crippen LogP contribution >= 0.6 is 11.3 Å². The highest BCUT2D eigenvalue weighted by Crippen LogP contribution is 2.46. The van der Waals surface area contributed by atoms with Crippen LogP contribution in [0.3, 0.4) is 0 Å². The molecule has 172 valence electrons. The summed E-state index contributed by atoms with van der Waals surface area (Å²) in [6.45, 7) is 0. The lowest BCUT2D eigenvalue weighted by molar-refractivity contribution is 0.104. The summed E-state index contributed by atoms with van der Waals surface area (Å²) in [4.78, 5) is 22.9. The fourth-order valence-corrected chi connectivity index (χ4v) is 5.25. The molecule has 0 atom stereocenters. The molecule has 0 saturated carbocycles. The molecule has 0 unspecified atom stereocenters. The molecule has 0 aliphatic carbocycles. The highest BCUT2D eigenvalue weighted by Gasteiger charge is 2.25. The SMILES string of the molecule is O=C(c1ccccc1)c1sc2nnc(-c3ccccc3)c(-c3ccccc3)c2c1N=Cc1ccc[nH]1. The van der Waals surface area contributed by atoms with Gasteiger partial charge in [-0.05, 0) is 17.7 Å². The largest absolute Gasteiger partial charge is 0.360 e. The van der Waals surface area contributed by atoms with Crippen LogP contribution in [0.2, 0.25) is 0 Å². The maximum absolute atomic E-state index is 13.7. The molecule has 0 spiro atoms. The zero-order valence-corrected chi connectivity index (χ0v) is 19.9. The lowest BCUT2D eigenvalue weighted by Gasteiger charge is -2.11. The average molecular weight is 485 g/mol. The number of H-pyrrole nitrogens is 1. The first-order chi connectivity index (χ1) is 17.8. The van der Waals surface area contributed by atoms with Gasteiger partial charge in [0, 0.05) is 28.3 Å². The lowest BCUT2D eigenvalue weighted by atomic mass is 9.96. The first kappa shape index (κ1) is 21.8. The molecular weight excluding hydrogens is 464 g/mol. The number of thiophene rings is 1. The van der Waals surface area contributed by atoms with Gasteiger partial charge in [0.25, 0.3) is 0 Å². The minimum Gasteiger partial charge on any atom is -0.360 e. The van der Waals surface area contributed by atoms with Crippen molar-refractivity contribution in [2.45, 2.75) is 0 Å². The number of nitrogens with one attached hydrogen (secondary N) is 1. The predicted molar refractivity (Wildman–Crippen MR) is 146 cm³/mol. The summed E-state index contributed by atoms with van der Waals surface area (Å²) in [6.07, 6.45) is 3.60. The van der Waals surface area contributed by atoms with Crippen LogP contribution in [-0.2, 0) is 0 Å². The molecule has 36 heavy (non-hydrogen) atoms. The minimum absolute atomic E-state index is 0.0856. The summed E-state index contributed by atoms with van der Waals surface area (Å²) in [5.41, 5.74) is 5.66. The summed E-state index contributed by atoms with van der Waals surface area (Å²) in [5.74, 6) is -0.0856. The third-order valence-electron chi connectivity index (χ3n) is 5.90. The Morgan fingerprint density at radius 1 is 0.778 bits per heavy atom. The number of aromatic amines is 1. The second-order valence-electron chi connectivity index (χ2n) is 8.19. The van der Waals surface area contributed by atoms with Crippen LogP contribution in [0.5, 0.6) is 0 Å². The molecule has 6 heteroatoms. The molecule has 0 saturated heterocycles. The van der Waals surface area contributed by atoms with Crippen molar-refractivity contribution >= 4 is 39.2 Å². The van der Waals surface area contributed by atoms with E-state index in [1.165, 1.54) is 11.3 Å². The van der Waals surface area contributed by atoms with Crippen molar-refractivity contribution < 1.29 is 4.79 Å². The molecule has 0 radical (unpaired) electrons. The third-order valence-corrected chi connectivity index (χ3v) is 6.96.